The molecule has 0 heterocycles. The molecule has 3 aromatic carbocycles. The molecule has 9 nitrogen and oxygen atoms in total. The normalized spacial score (nSPS) is 11.4. The van der Waals surface area contributed by atoms with Crippen LogP contribution in [0.2, 0.25) is 0 Å². The van der Waals surface area contributed by atoms with Crippen molar-refractivity contribution in [3.63, 3.8) is 0 Å². The lowest BCUT2D eigenvalue weighted by molar-refractivity contribution is -0.139. The van der Waals surface area contributed by atoms with Crippen LogP contribution in [-0.2, 0) is 48.3 Å². The van der Waals surface area contributed by atoms with Crippen molar-refractivity contribution in [2.45, 2.75) is 5.60 Å². The van der Waals surface area contributed by atoms with E-state index in [4.69, 9.17) is 37.9 Å². The van der Waals surface area contributed by atoms with Crippen LogP contribution >= 0.6 is 0 Å². The van der Waals surface area contributed by atoms with Crippen molar-refractivity contribution in [3.05, 3.63) is 120 Å². The highest BCUT2D eigenvalue weighted by molar-refractivity contribution is 5.81. The second-order valence-electron chi connectivity index (χ2n) is 9.67. The first kappa shape index (κ1) is 36.1. The molecule has 0 aromatic heterocycles. The molecule has 0 aliphatic rings. The van der Waals surface area contributed by atoms with Crippen LogP contribution in [0.4, 0.5) is 0 Å². The molecule has 0 bridgehead atoms. The van der Waals surface area contributed by atoms with Gasteiger partial charge in [0.15, 0.2) is 0 Å². The van der Waals surface area contributed by atoms with Gasteiger partial charge < -0.3 is 37.9 Å². The van der Waals surface area contributed by atoms with Crippen molar-refractivity contribution in [2.24, 2.45) is 0 Å². The van der Waals surface area contributed by atoms with E-state index in [9.17, 15) is 4.79 Å². The van der Waals surface area contributed by atoms with E-state index in [0.29, 0.717) is 85.9 Å². The van der Waals surface area contributed by atoms with E-state index >= 15 is 0 Å². The summed E-state index contributed by atoms with van der Waals surface area (Å²) < 4.78 is 44.7. The SMILES string of the molecule is C=CC(=O)OCCOCCOCCOCCOCCOCCOCCOC(c1ccccc1)(c1ccccc1)c1ccccc1. The maximum atomic E-state index is 10.9. The molecule has 0 N–H and O–H groups in total. The summed E-state index contributed by atoms with van der Waals surface area (Å²) in [5.41, 5.74) is 2.44. The number of benzene rings is 3. The van der Waals surface area contributed by atoms with Crippen LogP contribution < -0.4 is 0 Å². The average molecular weight is 623 g/mol. The molecular formula is C36H46O9. The van der Waals surface area contributed by atoms with Crippen LogP contribution in [-0.4, -0.2) is 98.5 Å². The minimum Gasteiger partial charge on any atom is -0.460 e. The van der Waals surface area contributed by atoms with Gasteiger partial charge in [-0.25, -0.2) is 4.79 Å². The fourth-order valence-corrected chi connectivity index (χ4v) is 4.48. The minimum absolute atomic E-state index is 0.198. The Morgan fingerprint density at radius 2 is 0.756 bits per heavy atom. The summed E-state index contributed by atoms with van der Waals surface area (Å²) in [5.74, 6) is -0.458. The minimum atomic E-state index is -0.752. The van der Waals surface area contributed by atoms with Crippen LogP contribution in [0.15, 0.2) is 104 Å². The molecule has 3 rings (SSSR count). The van der Waals surface area contributed by atoms with Gasteiger partial charge in [-0.05, 0) is 16.7 Å². The summed E-state index contributed by atoms with van der Waals surface area (Å²) in [7, 11) is 0. The van der Waals surface area contributed by atoms with E-state index in [-0.39, 0.29) is 6.61 Å². The molecule has 0 amide bonds. The van der Waals surface area contributed by atoms with Crippen LogP contribution in [0.5, 0.6) is 0 Å². The Bertz CT molecular complexity index is 1060. The van der Waals surface area contributed by atoms with Gasteiger partial charge in [0.25, 0.3) is 0 Å². The third-order valence-corrected chi connectivity index (χ3v) is 6.59. The quantitative estimate of drug-likeness (QED) is 0.0541. The Kier molecular flexibility index (Phi) is 18.4. The van der Waals surface area contributed by atoms with Gasteiger partial charge in [-0.3, -0.25) is 0 Å². The third kappa shape index (κ3) is 13.6. The smallest absolute Gasteiger partial charge is 0.330 e. The van der Waals surface area contributed by atoms with Crippen LogP contribution in [0.1, 0.15) is 16.7 Å². The lowest BCUT2D eigenvalue weighted by Crippen LogP contribution is -2.34. The summed E-state index contributed by atoms with van der Waals surface area (Å²) >= 11 is 0. The number of rotatable bonds is 26. The molecule has 244 valence electrons. The summed E-state index contributed by atoms with van der Waals surface area (Å²) in [6.07, 6.45) is 1.12. The van der Waals surface area contributed by atoms with Crippen molar-refractivity contribution in [1.82, 2.24) is 0 Å². The number of ether oxygens (including phenoxy) is 8. The van der Waals surface area contributed by atoms with Gasteiger partial charge in [0.05, 0.1) is 85.9 Å². The van der Waals surface area contributed by atoms with Crippen molar-refractivity contribution in [2.75, 3.05) is 92.5 Å². The van der Waals surface area contributed by atoms with Gasteiger partial charge in [0.1, 0.15) is 12.2 Å². The Hall–Kier alpha value is -3.41. The zero-order valence-electron chi connectivity index (χ0n) is 26.0. The summed E-state index contributed by atoms with van der Waals surface area (Å²) in [4.78, 5) is 10.9. The molecule has 0 saturated carbocycles. The predicted molar refractivity (Wildman–Crippen MR) is 171 cm³/mol. The van der Waals surface area contributed by atoms with Gasteiger partial charge in [-0.1, -0.05) is 97.6 Å². The number of hydrogen-bond donors (Lipinski definition) is 0. The van der Waals surface area contributed by atoms with Gasteiger partial charge in [-0.2, -0.15) is 0 Å². The van der Waals surface area contributed by atoms with E-state index in [2.05, 4.69) is 43.0 Å². The highest BCUT2D eigenvalue weighted by Gasteiger charge is 2.37. The first-order valence-corrected chi connectivity index (χ1v) is 15.3. The maximum Gasteiger partial charge on any atom is 0.330 e. The summed E-state index contributed by atoms with van der Waals surface area (Å²) in [6, 6.07) is 30.9. The number of carbonyl (C=O) groups is 1. The molecule has 0 saturated heterocycles. The molecule has 45 heavy (non-hydrogen) atoms. The molecule has 0 aliphatic carbocycles. The Morgan fingerprint density at radius 1 is 0.467 bits per heavy atom. The van der Waals surface area contributed by atoms with Gasteiger partial charge in [0.2, 0.25) is 0 Å². The topological polar surface area (TPSA) is 90.9 Å². The first-order valence-electron chi connectivity index (χ1n) is 15.3. The molecule has 0 radical (unpaired) electrons. The Balaban J connectivity index is 1.20. The lowest BCUT2D eigenvalue weighted by Gasteiger charge is -2.36. The fourth-order valence-electron chi connectivity index (χ4n) is 4.48. The molecule has 0 atom stereocenters. The van der Waals surface area contributed by atoms with E-state index in [1.165, 1.54) is 0 Å². The van der Waals surface area contributed by atoms with Gasteiger partial charge >= 0.3 is 5.97 Å². The van der Waals surface area contributed by atoms with E-state index in [1.807, 2.05) is 54.6 Å². The predicted octanol–water partition coefficient (Wildman–Crippen LogP) is 4.82. The number of esters is 1. The lowest BCUT2D eigenvalue weighted by atomic mass is 9.80. The van der Waals surface area contributed by atoms with E-state index in [1.54, 1.807) is 0 Å². The first-order chi connectivity index (χ1) is 22.3. The highest BCUT2D eigenvalue weighted by Crippen LogP contribution is 2.40. The van der Waals surface area contributed by atoms with Crippen LogP contribution in [0.25, 0.3) is 0 Å². The molecule has 0 aliphatic heterocycles. The van der Waals surface area contributed by atoms with Gasteiger partial charge in [0, 0.05) is 6.08 Å². The monoisotopic (exact) mass is 622 g/mol. The average Bonchev–Trinajstić information content (AvgIpc) is 3.10. The molecule has 0 unspecified atom stereocenters. The molecule has 9 heteroatoms. The second kappa shape index (κ2) is 23.0. The highest BCUT2D eigenvalue weighted by atomic mass is 16.6. The zero-order chi connectivity index (χ0) is 31.7. The summed E-state index contributed by atoms with van der Waals surface area (Å²) in [5, 5.41) is 0. The summed E-state index contributed by atoms with van der Waals surface area (Å²) in [6.45, 7) is 9.37. The molecular weight excluding hydrogens is 576 g/mol. The molecule has 0 spiro atoms. The van der Waals surface area contributed by atoms with E-state index < -0.39 is 11.6 Å². The van der Waals surface area contributed by atoms with Crippen molar-refractivity contribution >= 4 is 5.97 Å². The third-order valence-electron chi connectivity index (χ3n) is 6.59. The Labute approximate surface area is 266 Å². The zero-order valence-corrected chi connectivity index (χ0v) is 26.0. The maximum absolute atomic E-state index is 10.9. The number of hydrogen-bond acceptors (Lipinski definition) is 9. The second-order valence-corrected chi connectivity index (χ2v) is 9.67. The largest absolute Gasteiger partial charge is 0.460 e. The van der Waals surface area contributed by atoms with Crippen molar-refractivity contribution in [1.29, 1.82) is 0 Å². The number of carbonyl (C=O) groups excluding carboxylic acids is 1. The van der Waals surface area contributed by atoms with Crippen LogP contribution in [0, 0.1) is 0 Å². The molecule has 0 fully saturated rings. The molecule has 3 aromatic rings. The Morgan fingerprint density at radius 3 is 1.07 bits per heavy atom. The standard InChI is InChI=1S/C36H46O9/c1-2-35(37)44-30-28-42-26-24-40-22-20-38-18-19-39-21-23-41-25-27-43-29-31-45-36(32-12-6-3-7-13-32,33-14-8-4-9-15-33)34-16-10-5-11-17-34/h2-17H,1,18-31H2. The van der Waals surface area contributed by atoms with Crippen molar-refractivity contribution in [3.8, 4) is 0 Å². The van der Waals surface area contributed by atoms with E-state index in [0.717, 1.165) is 22.8 Å². The van der Waals surface area contributed by atoms with Gasteiger partial charge in [-0.15, -0.1) is 0 Å². The van der Waals surface area contributed by atoms with Crippen molar-refractivity contribution < 1.29 is 42.7 Å². The fraction of sp³-hybridized carbons (Fsp3) is 0.417. The van der Waals surface area contributed by atoms with Crippen LogP contribution in [0.3, 0.4) is 0 Å².